The Morgan fingerprint density at radius 2 is 2.21 bits per heavy atom. The summed E-state index contributed by atoms with van der Waals surface area (Å²) in [5, 5.41) is 0. The number of hydrogen-bond acceptors (Lipinski definition) is 6. The van der Waals surface area contributed by atoms with Gasteiger partial charge in [-0.15, -0.1) is 0 Å². The van der Waals surface area contributed by atoms with Crippen LogP contribution in [0, 0.1) is 6.92 Å². The number of methoxy groups -OCH3 is 1. The van der Waals surface area contributed by atoms with E-state index in [1.807, 2.05) is 0 Å². The second kappa shape index (κ2) is 5.49. The fourth-order valence-corrected chi connectivity index (χ4v) is 1.71. The van der Waals surface area contributed by atoms with Gasteiger partial charge in [-0.25, -0.2) is 15.8 Å². The average Bonchev–Trinajstić information content (AvgIpc) is 2.41. The van der Waals surface area contributed by atoms with Crippen LogP contribution in [-0.4, -0.2) is 21.6 Å². The number of hydrogen-bond donors (Lipinski definition) is 2. The van der Waals surface area contributed by atoms with E-state index in [0.717, 1.165) is 0 Å². The largest absolute Gasteiger partial charge is 0.468 e. The zero-order valence-electron chi connectivity index (χ0n) is 10.8. The first-order chi connectivity index (χ1) is 9.13. The van der Waals surface area contributed by atoms with Crippen molar-refractivity contribution < 1.29 is 4.74 Å². The summed E-state index contributed by atoms with van der Waals surface area (Å²) >= 11 is 0. The summed E-state index contributed by atoms with van der Waals surface area (Å²) in [5.41, 5.74) is 3.57. The molecule has 0 aliphatic carbocycles. The Balaban J connectivity index is 2.40. The van der Waals surface area contributed by atoms with Gasteiger partial charge in [0.25, 0.3) is 11.6 Å². The van der Waals surface area contributed by atoms with E-state index < -0.39 is 0 Å². The van der Waals surface area contributed by atoms with Gasteiger partial charge in [0.15, 0.2) is 0 Å². The van der Waals surface area contributed by atoms with Crippen molar-refractivity contribution in [3.8, 4) is 6.01 Å². The molecule has 3 N–H and O–H groups in total. The number of rotatable bonds is 4. The van der Waals surface area contributed by atoms with Gasteiger partial charge in [-0.3, -0.25) is 9.36 Å². The number of nitrogens with zero attached hydrogens (tertiary/aromatic N) is 3. The van der Waals surface area contributed by atoms with Gasteiger partial charge in [0, 0.05) is 11.8 Å². The van der Waals surface area contributed by atoms with Crippen LogP contribution in [0.2, 0.25) is 0 Å². The topological polar surface area (TPSA) is 95.1 Å². The van der Waals surface area contributed by atoms with E-state index in [-0.39, 0.29) is 18.1 Å². The predicted octanol–water partition coefficient (Wildman–Crippen LogP) is 0.289. The smallest absolute Gasteiger partial charge is 0.299 e. The van der Waals surface area contributed by atoms with Gasteiger partial charge < -0.3 is 10.2 Å². The summed E-state index contributed by atoms with van der Waals surface area (Å²) in [6.45, 7) is 2.01. The molecular formula is C12H15N5O2. The first-order valence-corrected chi connectivity index (χ1v) is 5.69. The lowest BCUT2D eigenvalue weighted by atomic mass is 10.3. The molecule has 0 aromatic carbocycles. The van der Waals surface area contributed by atoms with Crippen LogP contribution < -0.4 is 21.6 Å². The molecule has 7 heteroatoms. The number of nitrogens with two attached hydrogens (primary N) is 1. The summed E-state index contributed by atoms with van der Waals surface area (Å²) < 4.78 is 6.53. The summed E-state index contributed by atoms with van der Waals surface area (Å²) in [7, 11) is 1.48. The summed E-state index contributed by atoms with van der Waals surface area (Å²) in [6, 6.07) is 7.05. The normalized spacial score (nSPS) is 10.3. The molecule has 0 aliphatic rings. The highest BCUT2D eigenvalue weighted by Crippen LogP contribution is 2.09. The molecule has 2 rings (SSSR count). The lowest BCUT2D eigenvalue weighted by Gasteiger charge is -2.11. The standard InChI is InChI=1S/C12H15N5O2/c1-8-6-11(18)17(12(14-8)19-2)7-9-4-3-5-10(15-9)16-13/h3-6H,7,13H2,1-2H3,(H,15,16). The van der Waals surface area contributed by atoms with Crippen LogP contribution in [0.3, 0.4) is 0 Å². The Morgan fingerprint density at radius 1 is 1.42 bits per heavy atom. The van der Waals surface area contributed by atoms with Crippen LogP contribution in [0.15, 0.2) is 29.1 Å². The Bertz CT molecular complexity index is 638. The van der Waals surface area contributed by atoms with E-state index in [4.69, 9.17) is 10.6 Å². The van der Waals surface area contributed by atoms with Gasteiger partial charge in [-0.1, -0.05) is 6.07 Å². The van der Waals surface area contributed by atoms with Crippen molar-refractivity contribution in [2.45, 2.75) is 13.5 Å². The molecule has 0 saturated heterocycles. The summed E-state index contributed by atoms with van der Waals surface area (Å²) in [4.78, 5) is 20.4. The zero-order valence-corrected chi connectivity index (χ0v) is 10.8. The number of ether oxygens (including phenoxy) is 1. The number of aromatic nitrogens is 3. The van der Waals surface area contributed by atoms with Crippen molar-refractivity contribution >= 4 is 5.82 Å². The van der Waals surface area contributed by atoms with Crippen molar-refractivity contribution in [2.24, 2.45) is 5.84 Å². The van der Waals surface area contributed by atoms with E-state index in [1.54, 1.807) is 25.1 Å². The summed E-state index contributed by atoms with van der Waals surface area (Å²) in [6.07, 6.45) is 0. The Labute approximate surface area is 110 Å². The molecule has 2 aromatic heterocycles. The van der Waals surface area contributed by atoms with E-state index in [0.29, 0.717) is 17.2 Å². The molecule has 100 valence electrons. The molecule has 0 fully saturated rings. The van der Waals surface area contributed by atoms with Crippen molar-refractivity contribution in [2.75, 3.05) is 12.5 Å². The molecule has 2 heterocycles. The van der Waals surface area contributed by atoms with E-state index in [2.05, 4.69) is 15.4 Å². The maximum atomic E-state index is 12.0. The molecule has 0 radical (unpaired) electrons. The highest BCUT2D eigenvalue weighted by atomic mass is 16.5. The van der Waals surface area contributed by atoms with Crippen molar-refractivity contribution in [1.29, 1.82) is 0 Å². The second-order valence-corrected chi connectivity index (χ2v) is 3.97. The van der Waals surface area contributed by atoms with Crippen LogP contribution in [0.4, 0.5) is 5.82 Å². The number of nitrogen functional groups attached to an aromatic ring is 1. The number of aryl methyl sites for hydroxylation is 1. The highest BCUT2D eigenvalue weighted by Gasteiger charge is 2.09. The third-order valence-corrected chi connectivity index (χ3v) is 2.56. The molecule has 19 heavy (non-hydrogen) atoms. The lowest BCUT2D eigenvalue weighted by Crippen LogP contribution is -2.24. The van der Waals surface area contributed by atoms with E-state index in [9.17, 15) is 4.79 Å². The molecule has 0 unspecified atom stereocenters. The van der Waals surface area contributed by atoms with Crippen LogP contribution in [0.25, 0.3) is 0 Å². The molecule has 0 bridgehead atoms. The fourth-order valence-electron chi connectivity index (χ4n) is 1.71. The third kappa shape index (κ3) is 2.89. The maximum Gasteiger partial charge on any atom is 0.299 e. The lowest BCUT2D eigenvalue weighted by molar-refractivity contribution is 0.349. The predicted molar refractivity (Wildman–Crippen MR) is 70.9 cm³/mol. The van der Waals surface area contributed by atoms with Gasteiger partial charge >= 0.3 is 0 Å². The molecule has 0 aliphatic heterocycles. The fraction of sp³-hybridized carbons (Fsp3) is 0.250. The van der Waals surface area contributed by atoms with Gasteiger partial charge in [0.1, 0.15) is 5.82 Å². The minimum Gasteiger partial charge on any atom is -0.468 e. The molecule has 0 saturated carbocycles. The molecule has 0 atom stereocenters. The number of anilines is 1. The van der Waals surface area contributed by atoms with Crippen LogP contribution in [0.5, 0.6) is 6.01 Å². The zero-order chi connectivity index (χ0) is 13.8. The number of hydrazine groups is 1. The van der Waals surface area contributed by atoms with Crippen LogP contribution >= 0.6 is 0 Å². The molecule has 7 nitrogen and oxygen atoms in total. The third-order valence-electron chi connectivity index (χ3n) is 2.56. The monoisotopic (exact) mass is 261 g/mol. The Morgan fingerprint density at radius 3 is 2.89 bits per heavy atom. The molecular weight excluding hydrogens is 246 g/mol. The average molecular weight is 261 g/mol. The first-order valence-electron chi connectivity index (χ1n) is 5.69. The van der Waals surface area contributed by atoms with Crippen LogP contribution in [-0.2, 0) is 6.54 Å². The molecule has 2 aromatic rings. The van der Waals surface area contributed by atoms with Gasteiger partial charge in [0.2, 0.25) is 0 Å². The van der Waals surface area contributed by atoms with Crippen molar-refractivity contribution in [1.82, 2.24) is 14.5 Å². The minimum absolute atomic E-state index is 0.183. The highest BCUT2D eigenvalue weighted by molar-refractivity contribution is 5.33. The number of nitrogens with one attached hydrogen (secondary N) is 1. The van der Waals surface area contributed by atoms with Crippen molar-refractivity contribution in [3.05, 3.63) is 46.0 Å². The Kier molecular flexibility index (Phi) is 3.76. The first kappa shape index (κ1) is 13.0. The SMILES string of the molecule is COc1nc(C)cc(=O)n1Cc1cccc(NN)n1. The van der Waals surface area contributed by atoms with Gasteiger partial charge in [-0.05, 0) is 19.1 Å². The number of pyridine rings is 1. The van der Waals surface area contributed by atoms with Crippen LogP contribution in [0.1, 0.15) is 11.4 Å². The van der Waals surface area contributed by atoms with Gasteiger partial charge in [-0.2, -0.15) is 0 Å². The van der Waals surface area contributed by atoms with Crippen molar-refractivity contribution in [3.63, 3.8) is 0 Å². The Hall–Kier alpha value is -2.41. The van der Waals surface area contributed by atoms with Gasteiger partial charge in [0.05, 0.1) is 19.3 Å². The quantitative estimate of drug-likeness (QED) is 0.606. The molecule has 0 spiro atoms. The maximum absolute atomic E-state index is 12.0. The minimum atomic E-state index is -0.183. The summed E-state index contributed by atoms with van der Waals surface area (Å²) in [5.74, 6) is 5.83. The second-order valence-electron chi connectivity index (χ2n) is 3.97. The molecule has 0 amide bonds. The van der Waals surface area contributed by atoms with E-state index >= 15 is 0 Å². The van der Waals surface area contributed by atoms with E-state index in [1.165, 1.54) is 17.7 Å².